The highest BCUT2D eigenvalue weighted by atomic mass is 32.2. The molecule has 28 heavy (non-hydrogen) atoms. The lowest BCUT2D eigenvalue weighted by atomic mass is 10.2. The van der Waals surface area contributed by atoms with Gasteiger partial charge in [0.1, 0.15) is 12.4 Å². The van der Waals surface area contributed by atoms with E-state index in [1.54, 1.807) is 0 Å². The third-order valence-corrected chi connectivity index (χ3v) is 6.48. The molecular weight excluding hydrogens is 385 g/mol. The van der Waals surface area contributed by atoms with Gasteiger partial charge in [-0.1, -0.05) is 12.8 Å². The Morgan fingerprint density at radius 2 is 1.64 bits per heavy atom. The van der Waals surface area contributed by atoms with Crippen LogP contribution in [0.25, 0.3) is 0 Å². The van der Waals surface area contributed by atoms with Crippen LogP contribution in [-0.4, -0.2) is 36.3 Å². The molecule has 1 aliphatic rings. The van der Waals surface area contributed by atoms with E-state index in [0.717, 1.165) is 36.3 Å². The van der Waals surface area contributed by atoms with Gasteiger partial charge in [0, 0.05) is 31.0 Å². The van der Waals surface area contributed by atoms with Crippen molar-refractivity contribution in [2.24, 2.45) is 0 Å². The van der Waals surface area contributed by atoms with Crippen molar-refractivity contribution >= 4 is 21.6 Å². The minimum atomic E-state index is -3.72. The zero-order chi connectivity index (χ0) is 20.1. The van der Waals surface area contributed by atoms with E-state index >= 15 is 0 Å². The largest absolute Gasteiger partial charge is 0.325 e. The van der Waals surface area contributed by atoms with Crippen molar-refractivity contribution in [3.63, 3.8) is 0 Å². The molecule has 0 spiro atoms. The van der Waals surface area contributed by atoms with Crippen LogP contribution < -0.4 is 10.9 Å². The van der Waals surface area contributed by atoms with E-state index in [1.165, 1.54) is 40.8 Å². The number of benzene rings is 1. The van der Waals surface area contributed by atoms with E-state index in [9.17, 15) is 22.4 Å². The van der Waals surface area contributed by atoms with Crippen molar-refractivity contribution in [3.8, 4) is 0 Å². The fourth-order valence-electron chi connectivity index (χ4n) is 3.11. The first kappa shape index (κ1) is 20.2. The van der Waals surface area contributed by atoms with Gasteiger partial charge in [0.2, 0.25) is 15.9 Å². The van der Waals surface area contributed by atoms with Crippen molar-refractivity contribution < 1.29 is 17.6 Å². The summed E-state index contributed by atoms with van der Waals surface area (Å²) in [6.07, 6.45) is 4.80. The van der Waals surface area contributed by atoms with Gasteiger partial charge in [-0.05, 0) is 43.2 Å². The number of rotatable bonds is 5. The summed E-state index contributed by atoms with van der Waals surface area (Å²) in [5, 5.41) is 2.55. The fraction of sp³-hybridized carbons (Fsp3) is 0.368. The van der Waals surface area contributed by atoms with Crippen LogP contribution in [0, 0.1) is 5.82 Å². The number of carbonyl (C=O) groups excluding carboxylic acids is 1. The normalized spacial score (nSPS) is 15.8. The third kappa shape index (κ3) is 4.85. The predicted molar refractivity (Wildman–Crippen MR) is 103 cm³/mol. The summed E-state index contributed by atoms with van der Waals surface area (Å²) in [4.78, 5) is 24.3. The number of nitrogens with zero attached hydrogens (tertiary/aromatic N) is 2. The summed E-state index contributed by atoms with van der Waals surface area (Å²) in [5.41, 5.74) is -0.100. The smallest absolute Gasteiger partial charge is 0.251 e. The Balaban J connectivity index is 1.78. The summed E-state index contributed by atoms with van der Waals surface area (Å²) in [6.45, 7) is 0.554. The van der Waals surface area contributed by atoms with Crippen molar-refractivity contribution in [1.82, 2.24) is 8.87 Å². The number of sulfonamides is 1. The topological polar surface area (TPSA) is 88.5 Å². The van der Waals surface area contributed by atoms with Crippen molar-refractivity contribution in [1.29, 1.82) is 0 Å². The van der Waals surface area contributed by atoms with E-state index in [4.69, 9.17) is 0 Å². The molecule has 1 N–H and O–H groups in total. The molecule has 1 amide bonds. The maximum absolute atomic E-state index is 12.9. The Labute approximate surface area is 162 Å². The van der Waals surface area contributed by atoms with E-state index in [1.807, 2.05) is 0 Å². The molecule has 0 unspecified atom stereocenters. The number of hydrogen-bond donors (Lipinski definition) is 1. The molecule has 0 aliphatic carbocycles. The first-order valence-corrected chi connectivity index (χ1v) is 10.6. The molecule has 150 valence electrons. The summed E-state index contributed by atoms with van der Waals surface area (Å²) in [5.74, 6) is -0.946. The van der Waals surface area contributed by atoms with Gasteiger partial charge < -0.3 is 9.88 Å². The molecule has 0 bridgehead atoms. The maximum atomic E-state index is 12.9. The van der Waals surface area contributed by atoms with Crippen LogP contribution in [0.1, 0.15) is 25.7 Å². The number of aromatic nitrogens is 1. The highest BCUT2D eigenvalue weighted by molar-refractivity contribution is 7.89. The quantitative estimate of drug-likeness (QED) is 0.823. The highest BCUT2D eigenvalue weighted by Crippen LogP contribution is 2.19. The lowest BCUT2D eigenvalue weighted by molar-refractivity contribution is -0.116. The molecule has 2 heterocycles. The molecule has 0 atom stereocenters. The monoisotopic (exact) mass is 407 g/mol. The molecule has 1 aromatic carbocycles. The van der Waals surface area contributed by atoms with Gasteiger partial charge in [-0.2, -0.15) is 4.31 Å². The third-order valence-electron chi connectivity index (χ3n) is 4.60. The second kappa shape index (κ2) is 8.66. The van der Waals surface area contributed by atoms with E-state index < -0.39 is 27.3 Å². The van der Waals surface area contributed by atoms with Gasteiger partial charge in [-0.15, -0.1) is 0 Å². The predicted octanol–water partition coefficient (Wildman–Crippen LogP) is 2.19. The summed E-state index contributed by atoms with van der Waals surface area (Å²) in [7, 11) is -3.72. The zero-order valence-corrected chi connectivity index (χ0v) is 16.1. The van der Waals surface area contributed by atoms with Crippen molar-refractivity contribution in [2.45, 2.75) is 37.1 Å². The van der Waals surface area contributed by atoms with Gasteiger partial charge in [-0.3, -0.25) is 9.59 Å². The number of carbonyl (C=O) groups is 1. The van der Waals surface area contributed by atoms with Crippen LogP contribution in [0.5, 0.6) is 0 Å². The SMILES string of the molecule is O=C(Cn1cc(S(=O)(=O)N2CCCCCC2)ccc1=O)Nc1ccc(F)cc1. The molecule has 1 aromatic heterocycles. The molecule has 0 radical (unpaired) electrons. The molecule has 1 fully saturated rings. The van der Waals surface area contributed by atoms with Gasteiger partial charge in [0.05, 0.1) is 4.90 Å². The highest BCUT2D eigenvalue weighted by Gasteiger charge is 2.25. The molecule has 2 aromatic rings. The molecular formula is C19H22FN3O4S. The van der Waals surface area contributed by atoms with Crippen LogP contribution in [0.3, 0.4) is 0 Å². The number of halogens is 1. The minimum absolute atomic E-state index is 0.0106. The molecule has 3 rings (SSSR count). The second-order valence-electron chi connectivity index (χ2n) is 6.70. The summed E-state index contributed by atoms with van der Waals surface area (Å²) < 4.78 is 41.2. The number of amides is 1. The minimum Gasteiger partial charge on any atom is -0.325 e. The Bertz CT molecular complexity index is 995. The van der Waals surface area contributed by atoms with Crippen LogP contribution in [-0.2, 0) is 21.4 Å². The Hall–Kier alpha value is -2.52. The summed E-state index contributed by atoms with van der Waals surface area (Å²) in [6, 6.07) is 7.63. The first-order chi connectivity index (χ1) is 13.4. The Morgan fingerprint density at radius 1 is 1.00 bits per heavy atom. The maximum Gasteiger partial charge on any atom is 0.251 e. The lowest BCUT2D eigenvalue weighted by Crippen LogP contribution is -2.33. The number of anilines is 1. The standard InChI is InChI=1S/C19H22FN3O4S/c20-15-5-7-16(8-6-15)21-18(24)14-22-13-17(9-10-19(22)25)28(26,27)23-11-3-1-2-4-12-23/h5-10,13H,1-4,11-12,14H2,(H,21,24). The van der Waals surface area contributed by atoms with E-state index in [-0.39, 0.29) is 11.4 Å². The van der Waals surface area contributed by atoms with Crippen LogP contribution in [0.15, 0.2) is 52.3 Å². The van der Waals surface area contributed by atoms with Crippen LogP contribution in [0.4, 0.5) is 10.1 Å². The average Bonchev–Trinajstić information content (AvgIpc) is 2.95. The molecule has 1 saturated heterocycles. The van der Waals surface area contributed by atoms with Crippen molar-refractivity contribution in [3.05, 3.63) is 58.8 Å². The lowest BCUT2D eigenvalue weighted by Gasteiger charge is -2.20. The second-order valence-corrected chi connectivity index (χ2v) is 8.64. The fourth-order valence-corrected chi connectivity index (χ4v) is 4.64. The Kier molecular flexibility index (Phi) is 6.25. The average molecular weight is 407 g/mol. The van der Waals surface area contributed by atoms with Crippen molar-refractivity contribution in [2.75, 3.05) is 18.4 Å². The van der Waals surface area contributed by atoms with Gasteiger partial charge in [0.15, 0.2) is 0 Å². The number of hydrogen-bond acceptors (Lipinski definition) is 4. The zero-order valence-electron chi connectivity index (χ0n) is 15.3. The number of pyridine rings is 1. The van der Waals surface area contributed by atoms with E-state index in [2.05, 4.69) is 5.32 Å². The first-order valence-electron chi connectivity index (χ1n) is 9.12. The number of nitrogens with one attached hydrogen (secondary N) is 1. The molecule has 9 heteroatoms. The van der Waals surface area contributed by atoms with Crippen LogP contribution >= 0.6 is 0 Å². The van der Waals surface area contributed by atoms with Crippen LogP contribution in [0.2, 0.25) is 0 Å². The molecule has 1 aliphatic heterocycles. The van der Waals surface area contributed by atoms with Gasteiger partial charge in [-0.25, -0.2) is 12.8 Å². The molecule has 7 nitrogen and oxygen atoms in total. The Morgan fingerprint density at radius 3 is 2.29 bits per heavy atom. The summed E-state index contributed by atoms with van der Waals surface area (Å²) >= 11 is 0. The van der Waals surface area contributed by atoms with E-state index in [0.29, 0.717) is 18.8 Å². The van der Waals surface area contributed by atoms with Gasteiger partial charge >= 0.3 is 0 Å². The van der Waals surface area contributed by atoms with Gasteiger partial charge in [0.25, 0.3) is 5.56 Å². The molecule has 0 saturated carbocycles.